The first-order chi connectivity index (χ1) is 10.9. The van der Waals surface area contributed by atoms with Crippen molar-refractivity contribution in [1.82, 2.24) is 0 Å². The summed E-state index contributed by atoms with van der Waals surface area (Å²) in [6, 6.07) is 7.35. The van der Waals surface area contributed by atoms with E-state index in [0.29, 0.717) is 17.8 Å². The summed E-state index contributed by atoms with van der Waals surface area (Å²) in [6.45, 7) is 6.65. The predicted octanol–water partition coefficient (Wildman–Crippen LogP) is 3.36. The average Bonchev–Trinajstić information content (AvgIpc) is 2.48. The lowest BCUT2D eigenvalue weighted by Gasteiger charge is -2.36. The molecule has 2 amide bonds. The van der Waals surface area contributed by atoms with Gasteiger partial charge in [0, 0.05) is 11.6 Å². The van der Waals surface area contributed by atoms with Crippen LogP contribution in [0.5, 0.6) is 0 Å². The Hall–Kier alpha value is -1.84. The molecule has 0 radical (unpaired) electrons. The van der Waals surface area contributed by atoms with Crippen LogP contribution in [0.2, 0.25) is 0 Å². The molecule has 1 aromatic carbocycles. The highest BCUT2D eigenvalue weighted by atomic mass is 16.2. The fraction of sp³-hybridized carbons (Fsp3) is 0.579. The third kappa shape index (κ3) is 4.81. The molecule has 2 rings (SSSR count). The van der Waals surface area contributed by atoms with E-state index in [1.54, 1.807) is 0 Å². The summed E-state index contributed by atoms with van der Waals surface area (Å²) in [5, 5.41) is 3.04. The lowest BCUT2D eigenvalue weighted by Crippen LogP contribution is -2.36. The van der Waals surface area contributed by atoms with Gasteiger partial charge >= 0.3 is 0 Å². The zero-order valence-electron chi connectivity index (χ0n) is 14.3. The van der Waals surface area contributed by atoms with E-state index < -0.39 is 0 Å². The van der Waals surface area contributed by atoms with Crippen LogP contribution in [0.1, 0.15) is 45.6 Å². The minimum absolute atomic E-state index is 0.0871. The van der Waals surface area contributed by atoms with Crippen molar-refractivity contribution >= 4 is 17.5 Å². The molecule has 1 aromatic rings. The van der Waals surface area contributed by atoms with Gasteiger partial charge in [-0.15, -0.1) is 0 Å². The molecule has 23 heavy (non-hydrogen) atoms. The Labute approximate surface area is 138 Å². The highest BCUT2D eigenvalue weighted by Gasteiger charge is 2.35. The van der Waals surface area contributed by atoms with Gasteiger partial charge in [-0.3, -0.25) is 9.59 Å². The molecule has 1 aliphatic carbocycles. The molecule has 126 valence electrons. The Kier molecular flexibility index (Phi) is 5.80. The van der Waals surface area contributed by atoms with Crippen molar-refractivity contribution in [3.8, 4) is 0 Å². The van der Waals surface area contributed by atoms with Gasteiger partial charge in [0.15, 0.2) is 0 Å². The zero-order chi connectivity index (χ0) is 17.0. The molecule has 4 heteroatoms. The highest BCUT2D eigenvalue weighted by molar-refractivity contribution is 5.92. The highest BCUT2D eigenvalue weighted by Crippen LogP contribution is 2.38. The van der Waals surface area contributed by atoms with E-state index in [-0.39, 0.29) is 24.2 Å². The first-order valence-corrected chi connectivity index (χ1v) is 8.55. The number of carbonyl (C=O) groups is 2. The number of primary amides is 1. The van der Waals surface area contributed by atoms with E-state index >= 15 is 0 Å². The van der Waals surface area contributed by atoms with Gasteiger partial charge < -0.3 is 11.1 Å². The Morgan fingerprint density at radius 2 is 1.87 bits per heavy atom. The molecular weight excluding hydrogens is 288 g/mol. The van der Waals surface area contributed by atoms with Gasteiger partial charge in [0.1, 0.15) is 0 Å². The van der Waals surface area contributed by atoms with Gasteiger partial charge in [0.05, 0.1) is 6.42 Å². The van der Waals surface area contributed by atoms with E-state index in [9.17, 15) is 9.59 Å². The number of rotatable bonds is 5. The third-order valence-electron chi connectivity index (χ3n) is 4.96. The maximum Gasteiger partial charge on any atom is 0.227 e. The molecule has 3 atom stereocenters. The first kappa shape index (κ1) is 17.5. The third-order valence-corrected chi connectivity index (χ3v) is 4.96. The predicted molar refractivity (Wildman–Crippen MR) is 92.8 cm³/mol. The summed E-state index contributed by atoms with van der Waals surface area (Å²) >= 11 is 0. The number of amides is 2. The second-order valence-electron chi connectivity index (χ2n) is 7.26. The fourth-order valence-electron chi connectivity index (χ4n) is 3.65. The van der Waals surface area contributed by atoms with Gasteiger partial charge in [-0.05, 0) is 48.3 Å². The number of hydrogen-bond donors (Lipinski definition) is 2. The van der Waals surface area contributed by atoms with Crippen LogP contribution in [0, 0.1) is 23.7 Å². The number of nitrogens with one attached hydrogen (secondary N) is 1. The minimum Gasteiger partial charge on any atom is -0.369 e. The summed E-state index contributed by atoms with van der Waals surface area (Å²) in [5.74, 6) is 1.45. The monoisotopic (exact) mass is 316 g/mol. The molecule has 0 saturated heterocycles. The number of hydrogen-bond acceptors (Lipinski definition) is 2. The molecule has 3 N–H and O–H groups in total. The van der Waals surface area contributed by atoms with Crippen LogP contribution >= 0.6 is 0 Å². The first-order valence-electron chi connectivity index (χ1n) is 8.55. The topological polar surface area (TPSA) is 72.2 Å². The second-order valence-corrected chi connectivity index (χ2v) is 7.26. The van der Waals surface area contributed by atoms with Crippen molar-refractivity contribution in [3.05, 3.63) is 29.8 Å². The van der Waals surface area contributed by atoms with Crippen molar-refractivity contribution in [2.75, 3.05) is 5.32 Å². The molecule has 0 bridgehead atoms. The van der Waals surface area contributed by atoms with Gasteiger partial charge in [0.2, 0.25) is 11.8 Å². The number of nitrogens with two attached hydrogens (primary N) is 1. The molecule has 0 spiro atoms. The van der Waals surface area contributed by atoms with Crippen LogP contribution in [0.4, 0.5) is 5.69 Å². The van der Waals surface area contributed by atoms with Crippen molar-refractivity contribution in [1.29, 1.82) is 0 Å². The Morgan fingerprint density at radius 1 is 1.22 bits per heavy atom. The van der Waals surface area contributed by atoms with E-state index in [1.807, 2.05) is 24.3 Å². The maximum atomic E-state index is 12.7. The Bertz CT molecular complexity index is 551. The van der Waals surface area contributed by atoms with Crippen molar-refractivity contribution in [3.63, 3.8) is 0 Å². The van der Waals surface area contributed by atoms with Crippen molar-refractivity contribution < 1.29 is 9.59 Å². The fourth-order valence-corrected chi connectivity index (χ4v) is 3.65. The summed E-state index contributed by atoms with van der Waals surface area (Å²) < 4.78 is 0. The SMILES string of the molecule is CC1CCC(C(C)C)[C@H](C(=O)Nc2ccc(CC(N)=O)cc2)C1. The molecule has 1 aliphatic rings. The van der Waals surface area contributed by atoms with Gasteiger partial charge in [-0.2, -0.15) is 0 Å². The van der Waals surface area contributed by atoms with Crippen LogP contribution < -0.4 is 11.1 Å². The van der Waals surface area contributed by atoms with E-state index in [0.717, 1.165) is 24.1 Å². The standard InChI is InChI=1S/C19H28N2O2/c1-12(2)16-9-4-13(3)10-17(16)19(23)21-15-7-5-14(6-8-15)11-18(20)22/h5-8,12-13,16-17H,4,9-11H2,1-3H3,(H2,20,22)(H,21,23)/t13?,16?,17-/m1/s1. The largest absolute Gasteiger partial charge is 0.369 e. The minimum atomic E-state index is -0.349. The number of benzene rings is 1. The van der Waals surface area contributed by atoms with Crippen molar-refractivity contribution in [2.24, 2.45) is 29.4 Å². The smallest absolute Gasteiger partial charge is 0.227 e. The van der Waals surface area contributed by atoms with Crippen LogP contribution in [-0.4, -0.2) is 11.8 Å². The lowest BCUT2D eigenvalue weighted by molar-refractivity contribution is -0.124. The zero-order valence-corrected chi connectivity index (χ0v) is 14.3. The number of carbonyl (C=O) groups excluding carboxylic acids is 2. The van der Waals surface area contributed by atoms with Gasteiger partial charge in [-0.1, -0.05) is 39.3 Å². The molecule has 0 heterocycles. The van der Waals surface area contributed by atoms with Crippen LogP contribution in [0.3, 0.4) is 0 Å². The van der Waals surface area contributed by atoms with E-state index in [1.165, 1.54) is 6.42 Å². The average molecular weight is 316 g/mol. The summed E-state index contributed by atoms with van der Waals surface area (Å²) in [4.78, 5) is 23.6. The lowest BCUT2D eigenvalue weighted by atomic mass is 9.70. The maximum absolute atomic E-state index is 12.7. The quantitative estimate of drug-likeness (QED) is 0.874. The summed E-state index contributed by atoms with van der Waals surface area (Å²) in [5.41, 5.74) is 6.83. The Balaban J connectivity index is 2.03. The van der Waals surface area contributed by atoms with Crippen molar-refractivity contribution in [2.45, 2.75) is 46.5 Å². The molecule has 4 nitrogen and oxygen atoms in total. The number of anilines is 1. The van der Waals surface area contributed by atoms with Gasteiger partial charge in [0.25, 0.3) is 0 Å². The second kappa shape index (κ2) is 7.62. The summed E-state index contributed by atoms with van der Waals surface area (Å²) in [7, 11) is 0. The van der Waals surface area contributed by atoms with Gasteiger partial charge in [-0.25, -0.2) is 0 Å². The molecule has 1 fully saturated rings. The van der Waals surface area contributed by atoms with Crippen LogP contribution in [0.15, 0.2) is 24.3 Å². The Morgan fingerprint density at radius 3 is 2.43 bits per heavy atom. The molecule has 1 saturated carbocycles. The molecule has 0 aliphatic heterocycles. The van der Waals surface area contributed by atoms with E-state index in [4.69, 9.17) is 5.73 Å². The molecule has 0 aromatic heterocycles. The van der Waals surface area contributed by atoms with Crippen LogP contribution in [-0.2, 0) is 16.0 Å². The van der Waals surface area contributed by atoms with E-state index in [2.05, 4.69) is 26.1 Å². The molecular formula is C19H28N2O2. The molecule has 2 unspecified atom stereocenters. The summed E-state index contributed by atoms with van der Waals surface area (Å²) in [6.07, 6.45) is 3.54. The normalized spacial score (nSPS) is 24.4. The van der Waals surface area contributed by atoms with Crippen LogP contribution in [0.25, 0.3) is 0 Å².